The third kappa shape index (κ3) is 21.4. The lowest BCUT2D eigenvalue weighted by Crippen LogP contribution is -2.10. The van der Waals surface area contributed by atoms with Crippen LogP contribution in [0.15, 0.2) is 24.3 Å². The largest absolute Gasteiger partial charge is 0.481 e. The summed E-state index contributed by atoms with van der Waals surface area (Å²) in [5.41, 5.74) is 0.607. The van der Waals surface area contributed by atoms with E-state index in [-0.39, 0.29) is 83.2 Å². The second-order valence-electron chi connectivity index (χ2n) is 10.2. The van der Waals surface area contributed by atoms with Crippen LogP contribution in [0, 0.1) is 0 Å². The molecule has 0 aliphatic rings. The van der Waals surface area contributed by atoms with E-state index in [1.807, 2.05) is 0 Å². The average molecular weight is 639 g/mol. The Balaban J connectivity index is 1.98. The fourth-order valence-corrected chi connectivity index (χ4v) is 3.72. The molecule has 252 valence electrons. The summed E-state index contributed by atoms with van der Waals surface area (Å²) >= 11 is 0. The number of aliphatic carboxylic acids is 1. The molecule has 13 nitrogen and oxygen atoms in total. The second-order valence-corrected chi connectivity index (χ2v) is 10.2. The summed E-state index contributed by atoms with van der Waals surface area (Å²) in [5.74, 6) is -3.03. The number of carbonyl (C=O) groups excluding carboxylic acids is 5. The van der Waals surface area contributed by atoms with Crippen LogP contribution in [0.4, 0.5) is 0 Å². The number of rotatable bonds is 26. The molecular weight excluding hydrogens is 592 g/mol. The van der Waals surface area contributed by atoms with Gasteiger partial charge in [-0.15, -0.1) is 0 Å². The molecule has 0 saturated carbocycles. The number of carboxylic acids is 1. The maximum Gasteiger partial charge on any atom is 0.338 e. The minimum absolute atomic E-state index is 0.0299. The maximum atomic E-state index is 12.2. The molecule has 0 spiro atoms. The first-order valence-electron chi connectivity index (χ1n) is 15.5. The number of carbonyl (C=O) groups is 6. The molecule has 0 fully saturated rings. The smallest absolute Gasteiger partial charge is 0.338 e. The second kappa shape index (κ2) is 25.3. The highest BCUT2D eigenvalue weighted by atomic mass is 16.5. The Kier molecular flexibility index (Phi) is 22.0. The molecule has 13 heteroatoms. The van der Waals surface area contributed by atoms with Crippen LogP contribution >= 0.6 is 0 Å². The molecule has 1 rings (SSSR count). The van der Waals surface area contributed by atoms with Crippen LogP contribution in [0.1, 0.15) is 111 Å². The van der Waals surface area contributed by atoms with Crippen molar-refractivity contribution in [3.05, 3.63) is 35.4 Å². The molecule has 45 heavy (non-hydrogen) atoms. The number of aliphatic hydroxyl groups excluding tert-OH is 1. The zero-order chi connectivity index (χ0) is 33.1. The van der Waals surface area contributed by atoms with Gasteiger partial charge < -0.3 is 33.9 Å². The van der Waals surface area contributed by atoms with Crippen molar-refractivity contribution in [3.63, 3.8) is 0 Å². The Morgan fingerprint density at radius 3 is 1.09 bits per heavy atom. The van der Waals surface area contributed by atoms with Crippen LogP contribution in [0.25, 0.3) is 0 Å². The highest BCUT2D eigenvalue weighted by Crippen LogP contribution is 2.09. The zero-order valence-electron chi connectivity index (χ0n) is 25.8. The first kappa shape index (κ1) is 39.0. The van der Waals surface area contributed by atoms with Crippen molar-refractivity contribution in [2.75, 3.05) is 39.6 Å². The Morgan fingerprint density at radius 1 is 0.444 bits per heavy atom. The lowest BCUT2D eigenvalue weighted by Gasteiger charge is -2.08. The van der Waals surface area contributed by atoms with Gasteiger partial charge in [0.2, 0.25) is 0 Å². The van der Waals surface area contributed by atoms with Gasteiger partial charge in [0.25, 0.3) is 0 Å². The first-order valence-corrected chi connectivity index (χ1v) is 15.5. The van der Waals surface area contributed by atoms with Gasteiger partial charge in [-0.3, -0.25) is 19.2 Å². The van der Waals surface area contributed by atoms with Crippen LogP contribution in [0.2, 0.25) is 0 Å². The van der Waals surface area contributed by atoms with E-state index in [9.17, 15) is 28.8 Å². The van der Waals surface area contributed by atoms with Crippen molar-refractivity contribution < 1.29 is 62.7 Å². The number of hydrogen-bond acceptors (Lipinski definition) is 12. The molecule has 0 amide bonds. The Labute approximate surface area is 263 Å². The van der Waals surface area contributed by atoms with Gasteiger partial charge in [0.1, 0.15) is 0 Å². The predicted octanol–water partition coefficient (Wildman–Crippen LogP) is 4.17. The summed E-state index contributed by atoms with van der Waals surface area (Å²) in [5, 5.41) is 17.3. The van der Waals surface area contributed by atoms with Gasteiger partial charge >= 0.3 is 35.8 Å². The van der Waals surface area contributed by atoms with Gasteiger partial charge in [-0.05, 0) is 88.5 Å². The van der Waals surface area contributed by atoms with E-state index < -0.39 is 17.9 Å². The van der Waals surface area contributed by atoms with Crippen LogP contribution in [-0.2, 0) is 42.9 Å². The lowest BCUT2D eigenvalue weighted by molar-refractivity contribution is -0.146. The highest BCUT2D eigenvalue weighted by molar-refractivity contribution is 5.93. The number of hydrogen-bond donors (Lipinski definition) is 2. The lowest BCUT2D eigenvalue weighted by atomic mass is 10.1. The third-order valence-electron chi connectivity index (χ3n) is 6.27. The molecule has 1 aromatic rings. The fourth-order valence-electron chi connectivity index (χ4n) is 3.72. The van der Waals surface area contributed by atoms with Crippen LogP contribution in [0.3, 0.4) is 0 Å². The van der Waals surface area contributed by atoms with Crippen molar-refractivity contribution in [1.29, 1.82) is 0 Å². The Bertz CT molecular complexity index is 1040. The highest BCUT2D eigenvalue weighted by Gasteiger charge is 2.12. The van der Waals surface area contributed by atoms with E-state index in [0.29, 0.717) is 75.3 Å². The summed E-state index contributed by atoms with van der Waals surface area (Å²) in [6.45, 7) is 1.01. The summed E-state index contributed by atoms with van der Waals surface area (Å²) in [7, 11) is 0. The van der Waals surface area contributed by atoms with Gasteiger partial charge in [-0.2, -0.15) is 0 Å². The number of ether oxygens (including phenoxy) is 5. The molecule has 0 aliphatic heterocycles. The number of unbranched alkanes of at least 4 members (excludes halogenated alkanes) is 5. The molecule has 0 aliphatic carbocycles. The molecule has 0 heterocycles. The Morgan fingerprint density at radius 2 is 0.756 bits per heavy atom. The molecule has 0 atom stereocenters. The molecule has 0 radical (unpaired) electrons. The SMILES string of the molecule is O=C(O)CCCCC(=O)OCCCCOC(=O)CCCCC(=O)OCCCCOC(=O)c1ccc(C(=O)OCCCCO)cc1. The zero-order valence-corrected chi connectivity index (χ0v) is 25.8. The molecule has 2 N–H and O–H groups in total. The third-order valence-corrected chi connectivity index (χ3v) is 6.27. The van der Waals surface area contributed by atoms with Crippen molar-refractivity contribution in [2.45, 2.75) is 89.9 Å². The Hall–Kier alpha value is -4.00. The van der Waals surface area contributed by atoms with Crippen molar-refractivity contribution in [1.82, 2.24) is 0 Å². The molecule has 0 saturated heterocycles. The predicted molar refractivity (Wildman–Crippen MR) is 159 cm³/mol. The molecule has 0 aromatic heterocycles. The van der Waals surface area contributed by atoms with E-state index in [1.165, 1.54) is 24.3 Å². The van der Waals surface area contributed by atoms with Gasteiger partial charge in [0, 0.05) is 32.3 Å². The molecule has 0 bridgehead atoms. The van der Waals surface area contributed by atoms with E-state index in [1.54, 1.807) is 0 Å². The fraction of sp³-hybridized carbons (Fsp3) is 0.625. The van der Waals surface area contributed by atoms with Crippen LogP contribution < -0.4 is 0 Å². The summed E-state index contributed by atoms with van der Waals surface area (Å²) in [6, 6.07) is 5.93. The van der Waals surface area contributed by atoms with Crippen LogP contribution in [-0.4, -0.2) is 85.7 Å². The van der Waals surface area contributed by atoms with E-state index in [0.717, 1.165) is 0 Å². The number of esters is 5. The standard InChI is InChI=1S/C32H46O13/c33-19-5-6-23-44-31(39)25-15-17-26(18-16-25)32(40)45-24-10-9-22-43-30(38)14-4-3-13-29(37)42-21-8-7-20-41-28(36)12-2-1-11-27(34)35/h15-18,33H,1-14,19-24H2,(H,34,35). The summed E-state index contributed by atoms with van der Waals surface area (Å²) in [4.78, 5) is 69.7. The first-order chi connectivity index (χ1) is 21.7. The van der Waals surface area contributed by atoms with Gasteiger partial charge in [-0.1, -0.05) is 0 Å². The van der Waals surface area contributed by atoms with Gasteiger partial charge in [0.15, 0.2) is 0 Å². The van der Waals surface area contributed by atoms with Gasteiger partial charge in [-0.25, -0.2) is 9.59 Å². The van der Waals surface area contributed by atoms with E-state index >= 15 is 0 Å². The van der Waals surface area contributed by atoms with Crippen molar-refractivity contribution >= 4 is 35.8 Å². The molecule has 1 aromatic carbocycles. The topological polar surface area (TPSA) is 189 Å². The average Bonchev–Trinajstić information content (AvgIpc) is 3.02. The van der Waals surface area contributed by atoms with E-state index in [4.69, 9.17) is 33.9 Å². The van der Waals surface area contributed by atoms with Crippen molar-refractivity contribution in [2.24, 2.45) is 0 Å². The van der Waals surface area contributed by atoms with Crippen LogP contribution in [0.5, 0.6) is 0 Å². The minimum Gasteiger partial charge on any atom is -0.481 e. The number of benzene rings is 1. The van der Waals surface area contributed by atoms with E-state index in [2.05, 4.69) is 0 Å². The quantitative estimate of drug-likeness (QED) is 0.0836. The maximum absolute atomic E-state index is 12.2. The normalized spacial score (nSPS) is 10.5. The van der Waals surface area contributed by atoms with Gasteiger partial charge in [0.05, 0.1) is 44.2 Å². The van der Waals surface area contributed by atoms with Crippen molar-refractivity contribution in [3.8, 4) is 0 Å². The number of aliphatic hydroxyl groups is 1. The number of carboxylic acid groups (broad SMARTS) is 1. The molecular formula is C32H46O13. The summed E-state index contributed by atoms with van der Waals surface area (Å²) in [6.07, 6.45) is 5.65. The summed E-state index contributed by atoms with van der Waals surface area (Å²) < 4.78 is 25.6. The monoisotopic (exact) mass is 638 g/mol. The minimum atomic E-state index is -0.890. The molecule has 0 unspecified atom stereocenters.